The van der Waals surface area contributed by atoms with Gasteiger partial charge in [0.25, 0.3) is 0 Å². The van der Waals surface area contributed by atoms with Crippen LogP contribution in [-0.4, -0.2) is 15.0 Å². The summed E-state index contributed by atoms with van der Waals surface area (Å²) in [6, 6.07) is 3.34. The van der Waals surface area contributed by atoms with Crippen LogP contribution < -0.4 is 5.73 Å². The highest BCUT2D eigenvalue weighted by Crippen LogP contribution is 2.12. The van der Waals surface area contributed by atoms with E-state index in [4.69, 9.17) is 18.0 Å². The summed E-state index contributed by atoms with van der Waals surface area (Å²) in [5.74, 6) is -0.765. The largest absolute Gasteiger partial charge is 0.369 e. The van der Waals surface area contributed by atoms with Crippen molar-refractivity contribution in [1.82, 2.24) is 15.0 Å². The number of aromatic nitrogens is 3. The van der Waals surface area contributed by atoms with Crippen LogP contribution in [-0.2, 0) is 6.42 Å². The molecule has 0 aliphatic heterocycles. The normalized spacial score (nSPS) is 10.5. The van der Waals surface area contributed by atoms with Crippen molar-refractivity contribution in [3.63, 3.8) is 0 Å². The second kappa shape index (κ2) is 4.54. The fourth-order valence-corrected chi connectivity index (χ4v) is 1.58. The molecular formula is C10H8F2N4S. The Hall–Kier alpha value is -1.89. The maximum Gasteiger partial charge on any atom is 0.224 e. The van der Waals surface area contributed by atoms with E-state index in [2.05, 4.69) is 15.0 Å². The van der Waals surface area contributed by atoms with Crippen molar-refractivity contribution in [2.45, 2.75) is 6.42 Å². The molecule has 4 nitrogen and oxygen atoms in total. The van der Waals surface area contributed by atoms with Gasteiger partial charge in [0.15, 0.2) is 0 Å². The lowest BCUT2D eigenvalue weighted by Gasteiger charge is -2.03. The molecule has 0 saturated carbocycles. The molecule has 3 N–H and O–H groups in total. The first-order valence-corrected chi connectivity index (χ1v) is 5.12. The van der Waals surface area contributed by atoms with Crippen LogP contribution in [0.1, 0.15) is 11.4 Å². The molecule has 0 aliphatic carbocycles. The van der Waals surface area contributed by atoms with Crippen molar-refractivity contribution in [2.24, 2.45) is 0 Å². The molecule has 0 aliphatic rings. The summed E-state index contributed by atoms with van der Waals surface area (Å²) in [5.41, 5.74) is 5.75. The monoisotopic (exact) mass is 254 g/mol. The highest BCUT2D eigenvalue weighted by molar-refractivity contribution is 7.71. The standard InChI is InChI=1S/C10H8F2N4S/c11-6-2-1-5(7(12)4-6)3-8-14-9(13)16-10(17)15-8/h1-2,4H,3H2,(H3,13,14,15,16,17). The van der Waals surface area contributed by atoms with Crippen molar-refractivity contribution < 1.29 is 8.78 Å². The van der Waals surface area contributed by atoms with Gasteiger partial charge in [0, 0.05) is 12.5 Å². The molecule has 0 fully saturated rings. The molecular weight excluding hydrogens is 246 g/mol. The molecule has 1 aromatic heterocycles. The lowest BCUT2D eigenvalue weighted by Crippen LogP contribution is -2.04. The minimum atomic E-state index is -0.637. The molecule has 1 aromatic carbocycles. The predicted octanol–water partition coefficient (Wildman–Crippen LogP) is 1.99. The number of hydrogen-bond acceptors (Lipinski definition) is 4. The number of nitrogens with two attached hydrogens (primary N) is 1. The number of hydrogen-bond donors (Lipinski definition) is 2. The Balaban J connectivity index is 2.34. The molecule has 88 valence electrons. The molecule has 0 radical (unpaired) electrons. The fraction of sp³-hybridized carbons (Fsp3) is 0.100. The third kappa shape index (κ3) is 2.82. The number of benzene rings is 1. The summed E-state index contributed by atoms with van der Waals surface area (Å²) in [7, 11) is 0. The van der Waals surface area contributed by atoms with Crippen molar-refractivity contribution in [2.75, 3.05) is 5.73 Å². The summed E-state index contributed by atoms with van der Waals surface area (Å²) in [5, 5.41) is 0. The average molecular weight is 254 g/mol. The van der Waals surface area contributed by atoms with Crippen molar-refractivity contribution in [3.05, 3.63) is 46.0 Å². The fourth-order valence-electron chi connectivity index (χ4n) is 1.38. The Morgan fingerprint density at radius 3 is 2.71 bits per heavy atom. The van der Waals surface area contributed by atoms with Gasteiger partial charge in [-0.05, 0) is 23.8 Å². The summed E-state index contributed by atoms with van der Waals surface area (Å²) in [4.78, 5) is 10.3. The molecule has 0 saturated heterocycles. The van der Waals surface area contributed by atoms with E-state index >= 15 is 0 Å². The smallest absolute Gasteiger partial charge is 0.224 e. The van der Waals surface area contributed by atoms with Gasteiger partial charge in [-0.3, -0.25) is 0 Å². The molecule has 0 amide bonds. The number of halogens is 2. The molecule has 0 bridgehead atoms. The first-order valence-electron chi connectivity index (χ1n) is 4.71. The van der Waals surface area contributed by atoms with Crippen LogP contribution >= 0.6 is 12.2 Å². The summed E-state index contributed by atoms with van der Waals surface area (Å²) >= 11 is 4.78. The van der Waals surface area contributed by atoms with Crippen LogP contribution in [0.2, 0.25) is 0 Å². The van der Waals surface area contributed by atoms with Gasteiger partial charge in [-0.25, -0.2) is 13.8 Å². The third-order valence-corrected chi connectivity index (χ3v) is 2.27. The second-order valence-corrected chi connectivity index (χ2v) is 3.74. The van der Waals surface area contributed by atoms with Gasteiger partial charge in [0.2, 0.25) is 10.7 Å². The third-order valence-electron chi connectivity index (χ3n) is 2.09. The number of nitrogens with one attached hydrogen (secondary N) is 1. The highest BCUT2D eigenvalue weighted by atomic mass is 32.1. The summed E-state index contributed by atoms with van der Waals surface area (Å²) in [6.45, 7) is 0. The van der Waals surface area contributed by atoms with Crippen molar-refractivity contribution >= 4 is 18.2 Å². The Bertz CT molecular complexity index is 611. The minimum absolute atomic E-state index is 0.0822. The maximum atomic E-state index is 13.4. The lowest BCUT2D eigenvalue weighted by atomic mass is 10.1. The van der Waals surface area contributed by atoms with Crippen LogP contribution in [0.15, 0.2) is 18.2 Å². The Kier molecular flexibility index (Phi) is 3.10. The molecule has 0 unspecified atom stereocenters. The van der Waals surface area contributed by atoms with E-state index in [9.17, 15) is 8.78 Å². The van der Waals surface area contributed by atoms with Gasteiger partial charge in [-0.2, -0.15) is 4.98 Å². The Labute approximate surface area is 101 Å². The van der Waals surface area contributed by atoms with E-state index in [1.807, 2.05) is 0 Å². The van der Waals surface area contributed by atoms with Gasteiger partial charge < -0.3 is 10.7 Å². The van der Waals surface area contributed by atoms with Crippen molar-refractivity contribution in [3.8, 4) is 0 Å². The average Bonchev–Trinajstić information content (AvgIpc) is 2.21. The van der Waals surface area contributed by atoms with Gasteiger partial charge in [0.1, 0.15) is 17.5 Å². The van der Waals surface area contributed by atoms with E-state index in [0.717, 1.165) is 6.07 Å². The van der Waals surface area contributed by atoms with E-state index in [1.54, 1.807) is 0 Å². The zero-order chi connectivity index (χ0) is 12.4. The number of nitrogen functional groups attached to an aromatic ring is 1. The second-order valence-electron chi connectivity index (χ2n) is 3.38. The number of aromatic amines is 1. The molecule has 0 atom stereocenters. The van der Waals surface area contributed by atoms with Gasteiger partial charge in [0.05, 0.1) is 0 Å². The molecule has 0 spiro atoms. The number of H-pyrrole nitrogens is 1. The number of nitrogens with zero attached hydrogens (tertiary/aromatic N) is 2. The van der Waals surface area contributed by atoms with Crippen molar-refractivity contribution in [1.29, 1.82) is 0 Å². The SMILES string of the molecule is Nc1nc(=S)nc(Cc2ccc(F)cc2F)[nH]1. The lowest BCUT2D eigenvalue weighted by molar-refractivity contribution is 0.573. The van der Waals surface area contributed by atoms with E-state index in [0.29, 0.717) is 11.4 Å². The minimum Gasteiger partial charge on any atom is -0.369 e. The molecule has 17 heavy (non-hydrogen) atoms. The number of anilines is 1. The van der Waals surface area contributed by atoms with E-state index < -0.39 is 11.6 Å². The first-order chi connectivity index (χ1) is 8.04. The molecule has 2 rings (SSSR count). The number of rotatable bonds is 2. The zero-order valence-corrected chi connectivity index (χ0v) is 9.39. The molecule has 2 aromatic rings. The van der Waals surface area contributed by atoms with Gasteiger partial charge >= 0.3 is 0 Å². The maximum absolute atomic E-state index is 13.4. The summed E-state index contributed by atoms with van der Waals surface area (Å²) < 4.78 is 26.2. The quantitative estimate of drug-likeness (QED) is 0.804. The Morgan fingerprint density at radius 1 is 1.29 bits per heavy atom. The van der Waals surface area contributed by atoms with Gasteiger partial charge in [-0.15, -0.1) is 0 Å². The topological polar surface area (TPSA) is 67.6 Å². The van der Waals surface area contributed by atoms with Crippen LogP contribution in [0.4, 0.5) is 14.7 Å². The van der Waals surface area contributed by atoms with Crippen LogP contribution in [0.3, 0.4) is 0 Å². The zero-order valence-electron chi connectivity index (χ0n) is 8.58. The first kappa shape index (κ1) is 11.6. The molecule has 1 heterocycles. The predicted molar refractivity (Wildman–Crippen MR) is 60.8 cm³/mol. The van der Waals surface area contributed by atoms with Crippen LogP contribution in [0, 0.1) is 16.4 Å². The Morgan fingerprint density at radius 2 is 2.06 bits per heavy atom. The van der Waals surface area contributed by atoms with E-state index in [-0.39, 0.29) is 17.1 Å². The van der Waals surface area contributed by atoms with Crippen LogP contribution in [0.25, 0.3) is 0 Å². The summed E-state index contributed by atoms with van der Waals surface area (Å²) in [6.07, 6.45) is 0.141. The van der Waals surface area contributed by atoms with Crippen LogP contribution in [0.5, 0.6) is 0 Å². The van der Waals surface area contributed by atoms with E-state index in [1.165, 1.54) is 12.1 Å². The van der Waals surface area contributed by atoms with Gasteiger partial charge in [-0.1, -0.05) is 6.07 Å². The highest BCUT2D eigenvalue weighted by Gasteiger charge is 2.06. The molecule has 7 heteroatoms.